The van der Waals surface area contributed by atoms with Gasteiger partial charge in [-0.25, -0.2) is 0 Å². The highest BCUT2D eigenvalue weighted by atomic mass is 16.2. The fourth-order valence-corrected chi connectivity index (χ4v) is 2.16. The number of likely N-dealkylation sites (tertiary alicyclic amines) is 1. The largest absolute Gasteiger partial charge is 0.338 e. The Hall–Kier alpha value is -0.570. The van der Waals surface area contributed by atoms with E-state index >= 15 is 0 Å². The van der Waals surface area contributed by atoms with Crippen LogP contribution in [0.4, 0.5) is 0 Å². The van der Waals surface area contributed by atoms with Crippen LogP contribution in [0.15, 0.2) is 0 Å². The van der Waals surface area contributed by atoms with Gasteiger partial charge in [0.25, 0.3) is 0 Å². The van der Waals surface area contributed by atoms with Gasteiger partial charge in [-0.1, -0.05) is 6.42 Å². The zero-order valence-electron chi connectivity index (χ0n) is 8.20. The van der Waals surface area contributed by atoms with E-state index in [1.54, 1.807) is 0 Å². The predicted octanol–water partition coefficient (Wildman–Crippen LogP) is 0.735. The Bertz CT molecular complexity index is 213. The van der Waals surface area contributed by atoms with Crippen molar-refractivity contribution < 1.29 is 4.79 Å². The average Bonchev–Trinajstić information content (AvgIpc) is 2.29. The summed E-state index contributed by atoms with van der Waals surface area (Å²) in [6, 6.07) is 0.456. The number of hydrogen-bond donors (Lipinski definition) is 1. The SMILES string of the molecule is CC1C(N)CCN1C(=O)C1CCC1. The van der Waals surface area contributed by atoms with E-state index in [-0.39, 0.29) is 12.1 Å². The molecule has 3 heteroatoms. The molecule has 0 aromatic rings. The molecule has 0 aromatic heterocycles. The lowest BCUT2D eigenvalue weighted by molar-refractivity contribution is -0.138. The van der Waals surface area contributed by atoms with Crippen molar-refractivity contribution in [3.63, 3.8) is 0 Å². The maximum atomic E-state index is 11.9. The number of rotatable bonds is 1. The molecule has 0 radical (unpaired) electrons. The van der Waals surface area contributed by atoms with E-state index in [0.29, 0.717) is 11.8 Å². The molecule has 1 saturated heterocycles. The molecular weight excluding hydrogens is 164 g/mol. The van der Waals surface area contributed by atoms with Crippen molar-refractivity contribution in [2.75, 3.05) is 6.54 Å². The summed E-state index contributed by atoms with van der Waals surface area (Å²) < 4.78 is 0. The predicted molar refractivity (Wildman–Crippen MR) is 51.1 cm³/mol. The van der Waals surface area contributed by atoms with Gasteiger partial charge in [-0.15, -0.1) is 0 Å². The fraction of sp³-hybridized carbons (Fsp3) is 0.900. The highest BCUT2D eigenvalue weighted by Gasteiger charge is 2.36. The van der Waals surface area contributed by atoms with Crippen LogP contribution in [-0.2, 0) is 4.79 Å². The monoisotopic (exact) mass is 182 g/mol. The molecule has 2 atom stereocenters. The molecule has 0 bridgehead atoms. The highest BCUT2D eigenvalue weighted by molar-refractivity contribution is 5.80. The topological polar surface area (TPSA) is 46.3 Å². The van der Waals surface area contributed by atoms with E-state index in [4.69, 9.17) is 5.73 Å². The van der Waals surface area contributed by atoms with Crippen LogP contribution < -0.4 is 5.73 Å². The molecule has 0 aromatic carbocycles. The summed E-state index contributed by atoms with van der Waals surface area (Å²) in [6.07, 6.45) is 4.39. The number of carbonyl (C=O) groups is 1. The molecule has 1 saturated carbocycles. The first-order valence-electron chi connectivity index (χ1n) is 5.26. The van der Waals surface area contributed by atoms with Crippen LogP contribution in [0.5, 0.6) is 0 Å². The summed E-state index contributed by atoms with van der Waals surface area (Å²) >= 11 is 0. The summed E-state index contributed by atoms with van der Waals surface area (Å²) in [5.74, 6) is 0.680. The summed E-state index contributed by atoms with van der Waals surface area (Å²) in [6.45, 7) is 2.94. The minimum absolute atomic E-state index is 0.198. The summed E-state index contributed by atoms with van der Waals surface area (Å²) in [5.41, 5.74) is 5.87. The van der Waals surface area contributed by atoms with Gasteiger partial charge in [-0.05, 0) is 26.2 Å². The summed E-state index contributed by atoms with van der Waals surface area (Å²) in [4.78, 5) is 13.8. The maximum absolute atomic E-state index is 11.9. The van der Waals surface area contributed by atoms with E-state index in [9.17, 15) is 4.79 Å². The Morgan fingerprint density at radius 1 is 1.38 bits per heavy atom. The standard InChI is InChI=1S/C10H18N2O/c1-7-9(11)5-6-12(7)10(13)8-3-2-4-8/h7-9H,2-6,11H2,1H3. The number of carbonyl (C=O) groups excluding carboxylic acids is 1. The first-order chi connectivity index (χ1) is 6.20. The van der Waals surface area contributed by atoms with Crippen LogP contribution in [0, 0.1) is 5.92 Å². The molecule has 2 fully saturated rings. The Morgan fingerprint density at radius 3 is 2.46 bits per heavy atom. The quantitative estimate of drug-likeness (QED) is 0.650. The number of nitrogens with zero attached hydrogens (tertiary/aromatic N) is 1. The van der Waals surface area contributed by atoms with Crippen molar-refractivity contribution in [3.05, 3.63) is 0 Å². The third kappa shape index (κ3) is 1.46. The van der Waals surface area contributed by atoms with Crippen LogP contribution in [0.2, 0.25) is 0 Å². The lowest BCUT2D eigenvalue weighted by Gasteiger charge is -2.32. The van der Waals surface area contributed by atoms with Crippen LogP contribution in [-0.4, -0.2) is 29.4 Å². The normalized spacial score (nSPS) is 34.8. The first kappa shape index (κ1) is 9.00. The van der Waals surface area contributed by atoms with E-state index in [1.807, 2.05) is 4.90 Å². The Labute approximate surface area is 79.3 Å². The zero-order chi connectivity index (χ0) is 9.42. The summed E-state index contributed by atoms with van der Waals surface area (Å²) in [5, 5.41) is 0. The second kappa shape index (κ2) is 3.29. The van der Waals surface area contributed by atoms with E-state index in [0.717, 1.165) is 25.8 Å². The van der Waals surface area contributed by atoms with Crippen molar-refractivity contribution in [2.45, 2.75) is 44.7 Å². The van der Waals surface area contributed by atoms with Crippen molar-refractivity contribution in [1.82, 2.24) is 4.90 Å². The number of amides is 1. The van der Waals surface area contributed by atoms with Gasteiger partial charge in [-0.3, -0.25) is 4.79 Å². The van der Waals surface area contributed by atoms with E-state index < -0.39 is 0 Å². The average molecular weight is 182 g/mol. The molecule has 2 rings (SSSR count). The smallest absolute Gasteiger partial charge is 0.225 e. The highest BCUT2D eigenvalue weighted by Crippen LogP contribution is 2.30. The molecule has 13 heavy (non-hydrogen) atoms. The molecule has 1 aliphatic carbocycles. The van der Waals surface area contributed by atoms with Gasteiger partial charge in [0.15, 0.2) is 0 Å². The lowest BCUT2D eigenvalue weighted by atomic mass is 9.84. The lowest BCUT2D eigenvalue weighted by Crippen LogP contribution is -2.44. The van der Waals surface area contributed by atoms with Crippen LogP contribution in [0.3, 0.4) is 0 Å². The van der Waals surface area contributed by atoms with Gasteiger partial charge < -0.3 is 10.6 Å². The molecule has 1 heterocycles. The van der Waals surface area contributed by atoms with Crippen LogP contribution in [0.1, 0.15) is 32.6 Å². The second-order valence-corrected chi connectivity index (χ2v) is 4.35. The van der Waals surface area contributed by atoms with Crippen molar-refractivity contribution in [3.8, 4) is 0 Å². The molecule has 2 aliphatic rings. The third-order valence-electron chi connectivity index (χ3n) is 3.55. The van der Waals surface area contributed by atoms with Gasteiger partial charge >= 0.3 is 0 Å². The molecule has 3 nitrogen and oxygen atoms in total. The third-order valence-corrected chi connectivity index (χ3v) is 3.55. The molecule has 1 aliphatic heterocycles. The Kier molecular flexibility index (Phi) is 2.28. The minimum atomic E-state index is 0.198. The van der Waals surface area contributed by atoms with Gasteiger partial charge in [0.2, 0.25) is 5.91 Å². The molecule has 74 valence electrons. The number of hydrogen-bond acceptors (Lipinski definition) is 2. The second-order valence-electron chi connectivity index (χ2n) is 4.35. The molecule has 2 unspecified atom stereocenters. The van der Waals surface area contributed by atoms with Gasteiger partial charge in [0.1, 0.15) is 0 Å². The van der Waals surface area contributed by atoms with Crippen molar-refractivity contribution in [1.29, 1.82) is 0 Å². The van der Waals surface area contributed by atoms with Crippen molar-refractivity contribution >= 4 is 5.91 Å². The molecule has 0 spiro atoms. The van der Waals surface area contributed by atoms with Gasteiger partial charge in [0.05, 0.1) is 0 Å². The van der Waals surface area contributed by atoms with E-state index in [1.165, 1.54) is 6.42 Å². The Balaban J connectivity index is 1.96. The molecule has 1 amide bonds. The molecular formula is C10H18N2O. The Morgan fingerprint density at radius 2 is 2.08 bits per heavy atom. The molecule has 2 N–H and O–H groups in total. The first-order valence-corrected chi connectivity index (χ1v) is 5.26. The minimum Gasteiger partial charge on any atom is -0.338 e. The zero-order valence-corrected chi connectivity index (χ0v) is 8.20. The summed E-state index contributed by atoms with van der Waals surface area (Å²) in [7, 11) is 0. The van der Waals surface area contributed by atoms with Crippen LogP contribution >= 0.6 is 0 Å². The van der Waals surface area contributed by atoms with Crippen molar-refractivity contribution in [2.24, 2.45) is 11.7 Å². The van der Waals surface area contributed by atoms with Gasteiger partial charge in [0, 0.05) is 24.5 Å². The van der Waals surface area contributed by atoms with E-state index in [2.05, 4.69) is 6.92 Å². The maximum Gasteiger partial charge on any atom is 0.225 e. The fourth-order valence-electron chi connectivity index (χ4n) is 2.16. The van der Waals surface area contributed by atoms with Crippen LogP contribution in [0.25, 0.3) is 0 Å². The van der Waals surface area contributed by atoms with Gasteiger partial charge in [-0.2, -0.15) is 0 Å². The number of nitrogens with two attached hydrogens (primary N) is 1.